The van der Waals surface area contributed by atoms with Crippen LogP contribution in [0.25, 0.3) is 0 Å². The number of unbranched alkanes of at least 4 members (excludes halogenated alkanes) is 1. The fourth-order valence-corrected chi connectivity index (χ4v) is 4.71. The average Bonchev–Trinajstić information content (AvgIpc) is 3.28. The predicted molar refractivity (Wildman–Crippen MR) is 131 cm³/mol. The van der Waals surface area contributed by atoms with Crippen LogP contribution >= 0.6 is 0 Å². The normalized spacial score (nSPS) is 36.1. The first kappa shape index (κ1) is 34.1. The molecule has 0 aromatic heterocycles. The van der Waals surface area contributed by atoms with Crippen molar-refractivity contribution in [3.05, 3.63) is 0 Å². The van der Waals surface area contributed by atoms with E-state index in [-0.39, 0.29) is 51.7 Å². The fraction of sp³-hybridized carbons (Fsp3) is 0.833. The number of aliphatic hydroxyl groups excluding tert-OH is 8. The summed E-state index contributed by atoms with van der Waals surface area (Å²) in [5, 5.41) is 84.1. The van der Waals surface area contributed by atoms with E-state index in [9.17, 15) is 60.0 Å². The largest absolute Gasteiger partial charge is 0.394 e. The summed E-state index contributed by atoms with van der Waals surface area (Å²) in [4.78, 5) is 51.5. The van der Waals surface area contributed by atoms with E-state index in [2.05, 4.69) is 5.32 Å². The molecule has 18 heteroatoms. The summed E-state index contributed by atoms with van der Waals surface area (Å²) in [6, 6.07) is 0. The summed E-state index contributed by atoms with van der Waals surface area (Å²) in [5.74, 6) is -2.37. The second-order valence-electron chi connectivity index (χ2n) is 10.2. The molecule has 3 saturated heterocycles. The van der Waals surface area contributed by atoms with E-state index in [4.69, 9.17) is 19.0 Å². The Balaban J connectivity index is 1.39. The minimum Gasteiger partial charge on any atom is -0.394 e. The van der Waals surface area contributed by atoms with Gasteiger partial charge < -0.3 is 65.2 Å². The van der Waals surface area contributed by atoms with Crippen LogP contribution in [-0.2, 0) is 38.2 Å². The number of hydroxylamine groups is 2. The molecule has 0 spiro atoms. The van der Waals surface area contributed by atoms with E-state index >= 15 is 0 Å². The standard InChI is InChI=1S/C24H38N2O16/c27-9-10-15(32)16(33)18(35)22(40-10)21(38)23-19(36)17(34)20(37)24(41-23)39-8-7-25-11(28)3-1-2-4-14(31)42-26-12(29)5-6-13(26)30/h10,15-24,27,32-38H,1-9H2,(H,25,28)/t10-,15-,16+,17+,18+,19+,20+,21?,22-,23+,24-/m1/s1. The van der Waals surface area contributed by atoms with Gasteiger partial charge in [-0.15, -0.1) is 5.06 Å². The van der Waals surface area contributed by atoms with E-state index in [0.29, 0.717) is 5.06 Å². The number of carbonyl (C=O) groups is 4. The number of hydrogen-bond acceptors (Lipinski definition) is 16. The lowest BCUT2D eigenvalue weighted by Gasteiger charge is -2.47. The fourth-order valence-electron chi connectivity index (χ4n) is 4.71. The topological polar surface area (TPSA) is 282 Å². The highest BCUT2D eigenvalue weighted by Crippen LogP contribution is 2.30. The predicted octanol–water partition coefficient (Wildman–Crippen LogP) is -5.70. The summed E-state index contributed by atoms with van der Waals surface area (Å²) < 4.78 is 16.0. The van der Waals surface area contributed by atoms with Gasteiger partial charge in [-0.05, 0) is 12.8 Å². The number of hydrogen-bond donors (Lipinski definition) is 9. The quantitative estimate of drug-likeness (QED) is 0.0694. The van der Waals surface area contributed by atoms with Gasteiger partial charge in [0, 0.05) is 32.2 Å². The summed E-state index contributed by atoms with van der Waals surface area (Å²) in [6.07, 6.45) is -18.8. The monoisotopic (exact) mass is 610 g/mol. The van der Waals surface area contributed by atoms with Crippen LogP contribution in [0.15, 0.2) is 0 Å². The van der Waals surface area contributed by atoms with Crippen LogP contribution in [0.1, 0.15) is 38.5 Å². The van der Waals surface area contributed by atoms with Crippen LogP contribution in [0.3, 0.4) is 0 Å². The molecule has 1 unspecified atom stereocenters. The molecule has 0 aromatic carbocycles. The van der Waals surface area contributed by atoms with Crippen molar-refractivity contribution < 1.29 is 79.1 Å². The third-order valence-corrected chi connectivity index (χ3v) is 7.15. The van der Waals surface area contributed by atoms with Crippen LogP contribution < -0.4 is 5.32 Å². The molecule has 3 rings (SSSR count). The maximum atomic E-state index is 12.1. The highest BCUT2D eigenvalue weighted by molar-refractivity contribution is 6.01. The molecule has 11 atom stereocenters. The third-order valence-electron chi connectivity index (χ3n) is 7.15. The van der Waals surface area contributed by atoms with E-state index in [1.165, 1.54) is 0 Å². The van der Waals surface area contributed by atoms with Crippen molar-refractivity contribution in [2.24, 2.45) is 0 Å². The molecule has 0 radical (unpaired) electrons. The van der Waals surface area contributed by atoms with Gasteiger partial charge in [-0.25, -0.2) is 4.79 Å². The molecular formula is C24H38N2O16. The highest BCUT2D eigenvalue weighted by atomic mass is 16.7. The molecule has 0 bridgehead atoms. The van der Waals surface area contributed by atoms with Gasteiger partial charge >= 0.3 is 5.97 Å². The highest BCUT2D eigenvalue weighted by Gasteiger charge is 2.53. The number of amides is 3. The van der Waals surface area contributed by atoms with Crippen molar-refractivity contribution in [3.8, 4) is 0 Å². The molecular weight excluding hydrogens is 572 g/mol. The number of imide groups is 1. The van der Waals surface area contributed by atoms with Crippen LogP contribution in [-0.4, -0.2) is 157 Å². The lowest BCUT2D eigenvalue weighted by molar-refractivity contribution is -0.328. The SMILES string of the molecule is O=C(CCCCC(=O)ON1C(=O)CCC1=O)NCCO[C@@H]1O[C@H](C(O)[C@@H]2O[C@H](CO)[C@@H](O)[C@H](O)[C@@H]2O)[C@@H](O)[C@H](O)[C@@H]1O. The Kier molecular flexibility index (Phi) is 12.5. The zero-order valence-corrected chi connectivity index (χ0v) is 22.5. The summed E-state index contributed by atoms with van der Waals surface area (Å²) >= 11 is 0. The first-order valence-corrected chi connectivity index (χ1v) is 13.5. The first-order valence-electron chi connectivity index (χ1n) is 13.5. The van der Waals surface area contributed by atoms with Crippen molar-refractivity contribution in [3.63, 3.8) is 0 Å². The van der Waals surface area contributed by atoms with E-state index in [0.717, 1.165) is 0 Å². The van der Waals surface area contributed by atoms with E-state index in [1.807, 2.05) is 0 Å². The van der Waals surface area contributed by atoms with Crippen molar-refractivity contribution in [1.29, 1.82) is 0 Å². The zero-order chi connectivity index (χ0) is 31.1. The Hall–Kier alpha value is -2.36. The molecule has 18 nitrogen and oxygen atoms in total. The number of rotatable bonds is 13. The number of ether oxygens (including phenoxy) is 3. The van der Waals surface area contributed by atoms with Gasteiger partial charge in [0.2, 0.25) is 5.91 Å². The lowest BCUT2D eigenvalue weighted by Crippen LogP contribution is -2.68. The van der Waals surface area contributed by atoms with E-state index in [1.54, 1.807) is 0 Å². The first-order chi connectivity index (χ1) is 19.9. The van der Waals surface area contributed by atoms with Gasteiger partial charge in [-0.3, -0.25) is 14.4 Å². The Morgan fingerprint density at radius 2 is 1.43 bits per heavy atom. The molecule has 9 N–H and O–H groups in total. The molecule has 3 heterocycles. The summed E-state index contributed by atoms with van der Waals surface area (Å²) in [6.45, 7) is -1.09. The van der Waals surface area contributed by atoms with Crippen molar-refractivity contribution >= 4 is 23.7 Å². The third kappa shape index (κ3) is 8.17. The minimum atomic E-state index is -1.92. The van der Waals surface area contributed by atoms with Gasteiger partial charge in [-0.2, -0.15) is 0 Å². The maximum Gasteiger partial charge on any atom is 0.333 e. The molecule has 3 aliphatic rings. The van der Waals surface area contributed by atoms with Crippen molar-refractivity contribution in [2.75, 3.05) is 19.8 Å². The van der Waals surface area contributed by atoms with Crippen LogP contribution in [0.4, 0.5) is 0 Å². The zero-order valence-electron chi connectivity index (χ0n) is 22.5. The Morgan fingerprint density at radius 1 is 0.857 bits per heavy atom. The van der Waals surface area contributed by atoms with Crippen LogP contribution in [0.5, 0.6) is 0 Å². The van der Waals surface area contributed by atoms with Gasteiger partial charge in [0.05, 0.1) is 13.2 Å². The molecule has 0 aromatic rings. The van der Waals surface area contributed by atoms with Gasteiger partial charge in [0.1, 0.15) is 61.0 Å². The van der Waals surface area contributed by atoms with Crippen LogP contribution in [0.2, 0.25) is 0 Å². The average molecular weight is 611 g/mol. The summed E-state index contributed by atoms with van der Waals surface area (Å²) in [5.41, 5.74) is 0. The van der Waals surface area contributed by atoms with Gasteiger partial charge in [-0.1, -0.05) is 0 Å². The summed E-state index contributed by atoms with van der Waals surface area (Å²) in [7, 11) is 0. The molecule has 3 aliphatic heterocycles. The van der Waals surface area contributed by atoms with Crippen molar-refractivity contribution in [2.45, 2.75) is 106 Å². The second-order valence-corrected chi connectivity index (χ2v) is 10.2. The smallest absolute Gasteiger partial charge is 0.333 e. The van der Waals surface area contributed by atoms with Gasteiger partial charge in [0.15, 0.2) is 6.29 Å². The number of aliphatic hydroxyl groups is 8. The number of nitrogens with one attached hydrogen (secondary N) is 1. The maximum absolute atomic E-state index is 12.1. The molecule has 42 heavy (non-hydrogen) atoms. The number of carbonyl (C=O) groups excluding carboxylic acids is 4. The molecule has 3 amide bonds. The molecule has 240 valence electrons. The second kappa shape index (κ2) is 15.4. The minimum absolute atomic E-state index is 0.0188. The molecule has 0 aliphatic carbocycles. The van der Waals surface area contributed by atoms with Gasteiger partial charge in [0.25, 0.3) is 11.8 Å². The number of nitrogens with zero attached hydrogens (tertiary/aromatic N) is 1. The Bertz CT molecular complexity index is 935. The molecule has 3 fully saturated rings. The molecule has 0 saturated carbocycles. The Labute approximate surface area is 239 Å². The Morgan fingerprint density at radius 3 is 2.05 bits per heavy atom. The van der Waals surface area contributed by atoms with E-state index < -0.39 is 97.6 Å². The van der Waals surface area contributed by atoms with Crippen molar-refractivity contribution in [1.82, 2.24) is 10.4 Å². The lowest BCUT2D eigenvalue weighted by atomic mass is 9.86. The van der Waals surface area contributed by atoms with Crippen LogP contribution in [0, 0.1) is 0 Å².